The Bertz CT molecular complexity index is 793. The molecule has 1 aliphatic rings. The van der Waals surface area contributed by atoms with Crippen molar-refractivity contribution in [2.45, 2.75) is 42.4 Å². The molecule has 140 valence electrons. The van der Waals surface area contributed by atoms with Gasteiger partial charge in [-0.05, 0) is 55.5 Å². The summed E-state index contributed by atoms with van der Waals surface area (Å²) in [5.74, 6) is 0. The molecule has 27 heavy (non-hydrogen) atoms. The standard InChI is InChI=1S/C23H27N3S/c1-2-6-20(7-3-1)8-11-23(18-25-17-14-24-19-25)27-22-12-9-21(10-13-22)26-15-4-5-16-26/h1-3,6-7,9-10,12-14,17,19,23H,4-5,8,11,15-16,18H2. The Balaban J connectivity index is 1.41. The molecule has 1 atom stereocenters. The molecule has 2 heterocycles. The van der Waals surface area contributed by atoms with Gasteiger partial charge in [0.15, 0.2) is 0 Å². The summed E-state index contributed by atoms with van der Waals surface area (Å²) in [6.45, 7) is 3.39. The van der Waals surface area contributed by atoms with E-state index in [2.05, 4.69) is 75.2 Å². The third-order valence-electron chi connectivity index (χ3n) is 5.18. The third-order valence-corrected chi connectivity index (χ3v) is 6.44. The van der Waals surface area contributed by atoms with Gasteiger partial charge in [0, 0.05) is 47.9 Å². The maximum Gasteiger partial charge on any atom is 0.0946 e. The number of nitrogens with zero attached hydrogens (tertiary/aromatic N) is 3. The van der Waals surface area contributed by atoms with Gasteiger partial charge >= 0.3 is 0 Å². The molecule has 3 nitrogen and oxygen atoms in total. The van der Waals surface area contributed by atoms with Crippen LogP contribution in [0.5, 0.6) is 0 Å². The maximum atomic E-state index is 4.20. The highest BCUT2D eigenvalue weighted by molar-refractivity contribution is 8.00. The molecular weight excluding hydrogens is 350 g/mol. The summed E-state index contributed by atoms with van der Waals surface area (Å²) in [4.78, 5) is 8.05. The molecule has 1 fully saturated rings. The summed E-state index contributed by atoms with van der Waals surface area (Å²) >= 11 is 1.99. The number of rotatable bonds is 8. The summed E-state index contributed by atoms with van der Waals surface area (Å²) in [6.07, 6.45) is 10.8. The Hall–Kier alpha value is -2.20. The fraction of sp³-hybridized carbons (Fsp3) is 0.348. The molecule has 0 N–H and O–H groups in total. The highest BCUT2D eigenvalue weighted by Crippen LogP contribution is 2.30. The van der Waals surface area contributed by atoms with Crippen LogP contribution in [0.4, 0.5) is 5.69 Å². The number of hydrogen-bond donors (Lipinski definition) is 0. The molecule has 1 aliphatic heterocycles. The van der Waals surface area contributed by atoms with E-state index >= 15 is 0 Å². The Morgan fingerprint density at radius 2 is 1.74 bits per heavy atom. The van der Waals surface area contributed by atoms with E-state index in [0.717, 1.165) is 19.4 Å². The van der Waals surface area contributed by atoms with Crippen molar-refractivity contribution < 1.29 is 0 Å². The second-order valence-corrected chi connectivity index (χ2v) is 8.59. The summed E-state index contributed by atoms with van der Waals surface area (Å²) in [7, 11) is 0. The first-order valence-electron chi connectivity index (χ1n) is 9.88. The van der Waals surface area contributed by atoms with Gasteiger partial charge < -0.3 is 9.47 Å². The van der Waals surface area contributed by atoms with Crippen LogP contribution in [0.3, 0.4) is 0 Å². The first-order chi connectivity index (χ1) is 13.4. The minimum Gasteiger partial charge on any atom is -0.372 e. The summed E-state index contributed by atoms with van der Waals surface area (Å²) in [6, 6.07) is 20.0. The second-order valence-electron chi connectivity index (χ2n) is 7.21. The first-order valence-corrected chi connectivity index (χ1v) is 10.8. The van der Waals surface area contributed by atoms with Gasteiger partial charge in [0.05, 0.1) is 6.33 Å². The Morgan fingerprint density at radius 3 is 2.44 bits per heavy atom. The van der Waals surface area contributed by atoms with E-state index in [1.54, 1.807) is 0 Å². The lowest BCUT2D eigenvalue weighted by molar-refractivity contribution is 0.624. The monoisotopic (exact) mass is 377 g/mol. The Labute approximate surface area is 166 Å². The van der Waals surface area contributed by atoms with Crippen LogP contribution in [-0.2, 0) is 13.0 Å². The van der Waals surface area contributed by atoms with Crippen LogP contribution in [0.15, 0.2) is 78.2 Å². The molecule has 0 spiro atoms. The van der Waals surface area contributed by atoms with E-state index in [1.807, 2.05) is 24.3 Å². The highest BCUT2D eigenvalue weighted by Gasteiger charge is 2.14. The molecule has 1 aromatic heterocycles. The van der Waals surface area contributed by atoms with Crippen molar-refractivity contribution >= 4 is 17.4 Å². The van der Waals surface area contributed by atoms with E-state index in [-0.39, 0.29) is 0 Å². The Kier molecular flexibility index (Phi) is 6.15. The lowest BCUT2D eigenvalue weighted by atomic mass is 10.1. The van der Waals surface area contributed by atoms with Crippen molar-refractivity contribution in [3.8, 4) is 0 Å². The zero-order chi connectivity index (χ0) is 18.3. The van der Waals surface area contributed by atoms with Crippen LogP contribution in [-0.4, -0.2) is 27.9 Å². The van der Waals surface area contributed by atoms with Crippen molar-refractivity contribution in [3.63, 3.8) is 0 Å². The van der Waals surface area contributed by atoms with E-state index < -0.39 is 0 Å². The molecule has 1 saturated heterocycles. The zero-order valence-corrected chi connectivity index (χ0v) is 16.5. The number of anilines is 1. The highest BCUT2D eigenvalue weighted by atomic mass is 32.2. The number of aryl methyl sites for hydroxylation is 1. The van der Waals surface area contributed by atoms with Crippen LogP contribution in [0.2, 0.25) is 0 Å². The van der Waals surface area contributed by atoms with Crippen molar-refractivity contribution in [1.82, 2.24) is 9.55 Å². The number of benzene rings is 2. The molecule has 0 aliphatic carbocycles. The lowest BCUT2D eigenvalue weighted by Gasteiger charge is -2.20. The van der Waals surface area contributed by atoms with Crippen LogP contribution in [0.1, 0.15) is 24.8 Å². The molecule has 0 radical (unpaired) electrons. The smallest absolute Gasteiger partial charge is 0.0946 e. The average molecular weight is 378 g/mol. The fourth-order valence-electron chi connectivity index (χ4n) is 3.69. The number of aromatic nitrogens is 2. The van der Waals surface area contributed by atoms with Gasteiger partial charge in [-0.15, -0.1) is 11.8 Å². The number of thioether (sulfide) groups is 1. The first kappa shape index (κ1) is 18.2. The van der Waals surface area contributed by atoms with Crippen LogP contribution in [0, 0.1) is 0 Å². The van der Waals surface area contributed by atoms with Gasteiger partial charge in [0.25, 0.3) is 0 Å². The van der Waals surface area contributed by atoms with Crippen molar-refractivity contribution in [2.24, 2.45) is 0 Å². The SMILES string of the molecule is c1ccc(CCC(Cn2ccnc2)Sc2ccc(N3CCCC3)cc2)cc1. The zero-order valence-electron chi connectivity index (χ0n) is 15.7. The second kappa shape index (κ2) is 9.14. The van der Waals surface area contributed by atoms with Crippen molar-refractivity contribution in [1.29, 1.82) is 0 Å². The van der Waals surface area contributed by atoms with E-state index in [1.165, 1.54) is 42.1 Å². The normalized spacial score (nSPS) is 15.2. The largest absolute Gasteiger partial charge is 0.372 e. The fourth-order valence-corrected chi connectivity index (χ4v) is 4.85. The van der Waals surface area contributed by atoms with Gasteiger partial charge in [-0.1, -0.05) is 30.3 Å². The molecule has 1 unspecified atom stereocenters. The number of hydrogen-bond acceptors (Lipinski definition) is 3. The van der Waals surface area contributed by atoms with Crippen LogP contribution < -0.4 is 4.90 Å². The summed E-state index contributed by atoms with van der Waals surface area (Å²) in [5, 5.41) is 0.525. The van der Waals surface area contributed by atoms with Crippen LogP contribution >= 0.6 is 11.8 Å². The maximum absolute atomic E-state index is 4.20. The minimum absolute atomic E-state index is 0.525. The molecule has 0 saturated carbocycles. The lowest BCUT2D eigenvalue weighted by Crippen LogP contribution is -2.17. The molecule has 3 aromatic rings. The topological polar surface area (TPSA) is 21.1 Å². The number of imidazole rings is 1. The molecular formula is C23H27N3S. The van der Waals surface area contributed by atoms with Gasteiger partial charge in [0.2, 0.25) is 0 Å². The molecule has 4 rings (SSSR count). The Morgan fingerprint density at radius 1 is 0.963 bits per heavy atom. The van der Waals surface area contributed by atoms with Crippen molar-refractivity contribution in [3.05, 3.63) is 78.9 Å². The van der Waals surface area contributed by atoms with E-state index in [4.69, 9.17) is 0 Å². The third kappa shape index (κ3) is 5.16. The molecule has 2 aromatic carbocycles. The van der Waals surface area contributed by atoms with Gasteiger partial charge in [-0.2, -0.15) is 0 Å². The van der Waals surface area contributed by atoms with Gasteiger partial charge in [-0.25, -0.2) is 4.98 Å². The predicted octanol–water partition coefficient (Wildman–Crippen LogP) is 5.28. The van der Waals surface area contributed by atoms with Crippen molar-refractivity contribution in [2.75, 3.05) is 18.0 Å². The average Bonchev–Trinajstić information content (AvgIpc) is 3.42. The molecule has 4 heteroatoms. The van der Waals surface area contributed by atoms with Gasteiger partial charge in [-0.3, -0.25) is 0 Å². The minimum atomic E-state index is 0.525. The molecule has 0 amide bonds. The van der Waals surface area contributed by atoms with E-state index in [0.29, 0.717) is 5.25 Å². The molecule has 0 bridgehead atoms. The van der Waals surface area contributed by atoms with Crippen LogP contribution in [0.25, 0.3) is 0 Å². The summed E-state index contributed by atoms with van der Waals surface area (Å²) < 4.78 is 2.20. The van der Waals surface area contributed by atoms with Gasteiger partial charge in [0.1, 0.15) is 0 Å². The predicted molar refractivity (Wildman–Crippen MR) is 115 cm³/mol. The summed E-state index contributed by atoms with van der Waals surface area (Å²) in [5.41, 5.74) is 2.78. The quantitative estimate of drug-likeness (QED) is 0.499. The van der Waals surface area contributed by atoms with E-state index in [9.17, 15) is 0 Å².